The minimum Gasteiger partial charge on any atom is -0.351 e. The standard InChI is InChI=1S/C17H25N3O2.ClH/c1-2-5-16(21)20-14-9-7-13(8-10-14)12-19-17(22)15-6-3-4-11-18-15;/h7-10,15,18H,2-6,11-12H2,1H3,(H,19,22)(H,20,21);1H. The lowest BCUT2D eigenvalue weighted by Crippen LogP contribution is -2.46. The number of nitrogens with one attached hydrogen (secondary N) is 3. The number of benzene rings is 1. The van der Waals surface area contributed by atoms with E-state index in [9.17, 15) is 9.59 Å². The normalized spacial score (nSPS) is 17.0. The second-order valence-electron chi connectivity index (χ2n) is 5.72. The summed E-state index contributed by atoms with van der Waals surface area (Å²) >= 11 is 0. The van der Waals surface area contributed by atoms with Crippen molar-refractivity contribution in [2.45, 2.75) is 51.6 Å². The van der Waals surface area contributed by atoms with Crippen LogP contribution in [-0.2, 0) is 16.1 Å². The highest BCUT2D eigenvalue weighted by molar-refractivity contribution is 5.90. The van der Waals surface area contributed by atoms with Gasteiger partial charge in [-0.2, -0.15) is 0 Å². The fourth-order valence-corrected chi connectivity index (χ4v) is 2.54. The summed E-state index contributed by atoms with van der Waals surface area (Å²) in [5, 5.41) is 9.05. The van der Waals surface area contributed by atoms with Crippen molar-refractivity contribution in [3.8, 4) is 0 Å². The number of amides is 2. The van der Waals surface area contributed by atoms with Crippen LogP contribution in [0.1, 0.15) is 44.6 Å². The van der Waals surface area contributed by atoms with Gasteiger partial charge in [0.05, 0.1) is 6.04 Å². The van der Waals surface area contributed by atoms with Crippen LogP contribution in [0.5, 0.6) is 0 Å². The van der Waals surface area contributed by atoms with Gasteiger partial charge in [0.1, 0.15) is 0 Å². The highest BCUT2D eigenvalue weighted by Crippen LogP contribution is 2.11. The molecule has 128 valence electrons. The van der Waals surface area contributed by atoms with Crippen molar-refractivity contribution in [3.05, 3.63) is 29.8 Å². The predicted octanol–water partition coefficient (Wildman–Crippen LogP) is 2.61. The van der Waals surface area contributed by atoms with E-state index in [0.29, 0.717) is 13.0 Å². The fourth-order valence-electron chi connectivity index (χ4n) is 2.54. The van der Waals surface area contributed by atoms with Crippen molar-refractivity contribution >= 4 is 29.9 Å². The Morgan fingerprint density at radius 1 is 1.22 bits per heavy atom. The smallest absolute Gasteiger partial charge is 0.237 e. The number of anilines is 1. The van der Waals surface area contributed by atoms with Crippen LogP contribution in [0, 0.1) is 0 Å². The summed E-state index contributed by atoms with van der Waals surface area (Å²) in [5.74, 6) is 0.104. The van der Waals surface area contributed by atoms with Crippen molar-refractivity contribution in [2.24, 2.45) is 0 Å². The fraction of sp³-hybridized carbons (Fsp3) is 0.529. The molecule has 0 saturated carbocycles. The van der Waals surface area contributed by atoms with Crippen LogP contribution in [0.3, 0.4) is 0 Å². The Morgan fingerprint density at radius 3 is 2.57 bits per heavy atom. The van der Waals surface area contributed by atoms with Crippen LogP contribution in [0.15, 0.2) is 24.3 Å². The maximum Gasteiger partial charge on any atom is 0.237 e. The molecular formula is C17H26ClN3O2. The monoisotopic (exact) mass is 339 g/mol. The van der Waals surface area contributed by atoms with E-state index >= 15 is 0 Å². The molecule has 1 fully saturated rings. The van der Waals surface area contributed by atoms with Crippen molar-refractivity contribution in [1.29, 1.82) is 0 Å². The summed E-state index contributed by atoms with van der Waals surface area (Å²) in [6, 6.07) is 7.54. The maximum atomic E-state index is 12.0. The van der Waals surface area contributed by atoms with Gasteiger partial charge in [-0.25, -0.2) is 0 Å². The van der Waals surface area contributed by atoms with Gasteiger partial charge in [0.25, 0.3) is 0 Å². The van der Waals surface area contributed by atoms with Gasteiger partial charge in [-0.3, -0.25) is 9.59 Å². The summed E-state index contributed by atoms with van der Waals surface area (Å²) in [4.78, 5) is 23.5. The van der Waals surface area contributed by atoms with Gasteiger partial charge in [0, 0.05) is 18.7 Å². The van der Waals surface area contributed by atoms with Gasteiger partial charge in [0.2, 0.25) is 11.8 Å². The maximum absolute atomic E-state index is 12.0. The molecule has 0 aromatic heterocycles. The summed E-state index contributed by atoms with van der Waals surface area (Å²) < 4.78 is 0. The molecule has 2 rings (SSSR count). The Labute approximate surface area is 144 Å². The van der Waals surface area contributed by atoms with Crippen molar-refractivity contribution in [3.63, 3.8) is 0 Å². The summed E-state index contributed by atoms with van der Waals surface area (Å²) in [6.45, 7) is 3.41. The number of hydrogen-bond donors (Lipinski definition) is 3. The molecule has 1 saturated heterocycles. The Bertz CT molecular complexity index is 499. The predicted molar refractivity (Wildman–Crippen MR) is 94.7 cm³/mol. The molecule has 3 N–H and O–H groups in total. The van der Waals surface area contributed by atoms with Gasteiger partial charge in [-0.05, 0) is 43.5 Å². The molecule has 5 nitrogen and oxygen atoms in total. The van der Waals surface area contributed by atoms with Crippen molar-refractivity contribution in [1.82, 2.24) is 10.6 Å². The SMILES string of the molecule is CCCC(=O)Nc1ccc(CNC(=O)C2CCCCN2)cc1.Cl. The van der Waals surface area contributed by atoms with Crippen LogP contribution in [-0.4, -0.2) is 24.4 Å². The Balaban J connectivity index is 0.00000264. The topological polar surface area (TPSA) is 70.2 Å². The second kappa shape index (κ2) is 10.2. The first-order chi connectivity index (χ1) is 10.7. The number of piperidine rings is 1. The minimum atomic E-state index is -0.0543. The van der Waals surface area contributed by atoms with Crippen molar-refractivity contribution in [2.75, 3.05) is 11.9 Å². The Hall–Kier alpha value is -1.59. The number of rotatable bonds is 6. The zero-order valence-corrected chi connectivity index (χ0v) is 14.4. The molecule has 1 aromatic carbocycles. The average Bonchev–Trinajstić information content (AvgIpc) is 2.55. The molecule has 2 amide bonds. The molecular weight excluding hydrogens is 314 g/mol. The van der Waals surface area contributed by atoms with Crippen LogP contribution in [0.4, 0.5) is 5.69 Å². The number of carbonyl (C=O) groups excluding carboxylic acids is 2. The largest absolute Gasteiger partial charge is 0.351 e. The van der Waals surface area contributed by atoms with Crippen LogP contribution in [0.2, 0.25) is 0 Å². The van der Waals surface area contributed by atoms with Crippen molar-refractivity contribution < 1.29 is 9.59 Å². The number of halogens is 1. The van der Waals surface area contributed by atoms with E-state index < -0.39 is 0 Å². The molecule has 0 radical (unpaired) electrons. The van der Waals surface area contributed by atoms with Crippen LogP contribution in [0.25, 0.3) is 0 Å². The van der Waals surface area contributed by atoms with E-state index in [4.69, 9.17) is 0 Å². The molecule has 1 aliphatic heterocycles. The van der Waals surface area contributed by atoms with Gasteiger partial charge in [-0.1, -0.05) is 25.5 Å². The second-order valence-corrected chi connectivity index (χ2v) is 5.72. The molecule has 6 heteroatoms. The molecule has 1 unspecified atom stereocenters. The van der Waals surface area contributed by atoms with E-state index in [0.717, 1.165) is 43.5 Å². The lowest BCUT2D eigenvalue weighted by molar-refractivity contribution is -0.123. The van der Waals surface area contributed by atoms with E-state index in [2.05, 4.69) is 16.0 Å². The average molecular weight is 340 g/mol. The van der Waals surface area contributed by atoms with Gasteiger partial charge in [-0.15, -0.1) is 12.4 Å². The zero-order chi connectivity index (χ0) is 15.8. The molecule has 1 aromatic rings. The molecule has 1 atom stereocenters. The van der Waals surface area contributed by atoms with E-state index in [1.165, 1.54) is 0 Å². The lowest BCUT2D eigenvalue weighted by Gasteiger charge is -2.22. The molecule has 1 aliphatic rings. The van der Waals surface area contributed by atoms with Gasteiger partial charge < -0.3 is 16.0 Å². The van der Waals surface area contributed by atoms with Gasteiger partial charge in [0.15, 0.2) is 0 Å². The third-order valence-electron chi connectivity index (χ3n) is 3.81. The van der Waals surface area contributed by atoms with Crippen LogP contribution < -0.4 is 16.0 Å². The molecule has 1 heterocycles. The highest BCUT2D eigenvalue weighted by Gasteiger charge is 2.19. The summed E-state index contributed by atoms with van der Waals surface area (Å²) in [7, 11) is 0. The number of carbonyl (C=O) groups is 2. The molecule has 0 aliphatic carbocycles. The first kappa shape index (κ1) is 19.5. The lowest BCUT2D eigenvalue weighted by atomic mass is 10.0. The molecule has 0 bridgehead atoms. The summed E-state index contributed by atoms with van der Waals surface area (Å²) in [5.41, 5.74) is 1.82. The Morgan fingerprint density at radius 2 is 1.96 bits per heavy atom. The summed E-state index contributed by atoms with van der Waals surface area (Å²) in [6.07, 6.45) is 4.54. The van der Waals surface area contributed by atoms with E-state index in [1.54, 1.807) is 0 Å². The molecule has 0 spiro atoms. The third kappa shape index (κ3) is 6.59. The van der Waals surface area contributed by atoms with E-state index in [1.807, 2.05) is 31.2 Å². The van der Waals surface area contributed by atoms with Crippen LogP contribution >= 0.6 is 12.4 Å². The first-order valence-corrected chi connectivity index (χ1v) is 8.09. The molecule has 23 heavy (non-hydrogen) atoms. The quantitative estimate of drug-likeness (QED) is 0.746. The Kier molecular flexibility index (Phi) is 8.66. The highest BCUT2D eigenvalue weighted by atomic mass is 35.5. The van der Waals surface area contributed by atoms with E-state index in [-0.39, 0.29) is 30.3 Å². The first-order valence-electron chi connectivity index (χ1n) is 8.09. The zero-order valence-electron chi connectivity index (χ0n) is 13.6. The third-order valence-corrected chi connectivity index (χ3v) is 3.81. The number of hydrogen-bond acceptors (Lipinski definition) is 3. The van der Waals surface area contributed by atoms with Gasteiger partial charge >= 0.3 is 0 Å². The minimum absolute atomic E-state index is 0.